The number of aromatic nitrogens is 1. The number of amides is 1. The fraction of sp³-hybridized carbons (Fsp3) is 0.538. The molecule has 0 saturated carbocycles. The first kappa shape index (κ1) is 14.4. The summed E-state index contributed by atoms with van der Waals surface area (Å²) < 4.78 is 0. The monoisotopic (exact) mass is 250 g/mol. The maximum Gasteiger partial charge on any atom is 0.255 e. The van der Waals surface area contributed by atoms with Crippen LogP contribution in [0.2, 0.25) is 0 Å². The summed E-state index contributed by atoms with van der Waals surface area (Å²) in [6.45, 7) is 5.57. The summed E-state index contributed by atoms with van der Waals surface area (Å²) in [5.74, 6) is -0.0894. The summed E-state index contributed by atoms with van der Waals surface area (Å²) in [7, 11) is 3.97. The zero-order valence-electron chi connectivity index (χ0n) is 11.5. The van der Waals surface area contributed by atoms with E-state index in [1.807, 2.05) is 38.9 Å². The largest absolute Gasteiger partial charge is 0.385 e. The van der Waals surface area contributed by atoms with Gasteiger partial charge >= 0.3 is 0 Å². The molecule has 0 bridgehead atoms. The highest BCUT2D eigenvalue weighted by Crippen LogP contribution is 2.13. The number of hydrogen-bond donors (Lipinski definition) is 2. The van der Waals surface area contributed by atoms with Crippen molar-refractivity contribution in [3.8, 4) is 0 Å². The third-order valence-electron chi connectivity index (χ3n) is 2.45. The van der Waals surface area contributed by atoms with Crippen LogP contribution in [0.25, 0.3) is 0 Å². The third-order valence-corrected chi connectivity index (χ3v) is 2.45. The maximum absolute atomic E-state index is 12.1. The molecule has 0 aromatic carbocycles. The van der Waals surface area contributed by atoms with Crippen molar-refractivity contribution in [1.29, 1.82) is 0 Å². The van der Waals surface area contributed by atoms with Crippen molar-refractivity contribution in [2.24, 2.45) is 0 Å². The number of anilines is 1. The smallest absolute Gasteiger partial charge is 0.255 e. The van der Waals surface area contributed by atoms with Crippen molar-refractivity contribution >= 4 is 11.6 Å². The zero-order valence-corrected chi connectivity index (χ0v) is 11.5. The first-order valence-electron chi connectivity index (χ1n) is 6.18. The van der Waals surface area contributed by atoms with Gasteiger partial charge in [-0.1, -0.05) is 0 Å². The van der Waals surface area contributed by atoms with Gasteiger partial charge < -0.3 is 15.5 Å². The molecule has 1 atom stereocenters. The van der Waals surface area contributed by atoms with E-state index >= 15 is 0 Å². The van der Waals surface area contributed by atoms with E-state index in [2.05, 4.69) is 15.6 Å². The molecular formula is C13H22N4O. The zero-order chi connectivity index (χ0) is 13.5. The van der Waals surface area contributed by atoms with Gasteiger partial charge in [-0.3, -0.25) is 9.78 Å². The molecule has 0 radical (unpaired) electrons. The molecule has 18 heavy (non-hydrogen) atoms. The van der Waals surface area contributed by atoms with Gasteiger partial charge in [0.2, 0.25) is 0 Å². The summed E-state index contributed by atoms with van der Waals surface area (Å²) in [5.41, 5.74) is 1.41. The van der Waals surface area contributed by atoms with E-state index in [1.165, 1.54) is 0 Å². The van der Waals surface area contributed by atoms with Gasteiger partial charge in [0.15, 0.2) is 0 Å². The van der Waals surface area contributed by atoms with Crippen LogP contribution in [0.3, 0.4) is 0 Å². The quantitative estimate of drug-likeness (QED) is 0.796. The molecule has 0 aliphatic rings. The van der Waals surface area contributed by atoms with Crippen LogP contribution in [0.4, 0.5) is 5.69 Å². The van der Waals surface area contributed by atoms with Crippen LogP contribution in [0.15, 0.2) is 18.5 Å². The molecule has 1 amide bonds. The normalized spacial score (nSPS) is 12.3. The number of pyridine rings is 1. The Bertz CT molecular complexity index is 392. The van der Waals surface area contributed by atoms with Crippen LogP contribution in [-0.4, -0.2) is 49.0 Å². The molecular weight excluding hydrogens is 228 g/mol. The average Bonchev–Trinajstić information content (AvgIpc) is 2.28. The molecule has 1 heterocycles. The Morgan fingerprint density at radius 3 is 2.83 bits per heavy atom. The van der Waals surface area contributed by atoms with Crippen molar-refractivity contribution in [3.63, 3.8) is 0 Å². The lowest BCUT2D eigenvalue weighted by Crippen LogP contribution is -2.39. The van der Waals surface area contributed by atoms with Crippen LogP contribution in [-0.2, 0) is 0 Å². The number of rotatable bonds is 6. The van der Waals surface area contributed by atoms with Crippen LogP contribution in [0, 0.1) is 0 Å². The highest BCUT2D eigenvalue weighted by molar-refractivity contribution is 5.99. The highest BCUT2D eigenvalue weighted by Gasteiger charge is 2.13. The van der Waals surface area contributed by atoms with Gasteiger partial charge in [0.1, 0.15) is 0 Å². The SMILES string of the molecule is CCNc1ccncc1C(=O)NC(C)CN(C)C. The predicted octanol–water partition coefficient (Wildman–Crippen LogP) is 1.19. The van der Waals surface area contributed by atoms with E-state index in [4.69, 9.17) is 0 Å². The first-order valence-corrected chi connectivity index (χ1v) is 6.18. The Balaban J connectivity index is 2.71. The van der Waals surface area contributed by atoms with E-state index in [0.717, 1.165) is 18.8 Å². The van der Waals surface area contributed by atoms with Crippen molar-refractivity contribution < 1.29 is 4.79 Å². The maximum atomic E-state index is 12.1. The van der Waals surface area contributed by atoms with Crippen molar-refractivity contribution in [2.45, 2.75) is 19.9 Å². The number of nitrogens with zero attached hydrogens (tertiary/aromatic N) is 2. The summed E-state index contributed by atoms with van der Waals surface area (Å²) in [6, 6.07) is 1.91. The Morgan fingerprint density at radius 2 is 2.22 bits per heavy atom. The van der Waals surface area contributed by atoms with Gasteiger partial charge in [0.05, 0.1) is 11.3 Å². The summed E-state index contributed by atoms with van der Waals surface area (Å²) >= 11 is 0. The van der Waals surface area contributed by atoms with Crippen molar-refractivity contribution in [3.05, 3.63) is 24.0 Å². The Labute approximate surface area is 109 Å². The second kappa shape index (κ2) is 6.96. The van der Waals surface area contributed by atoms with Crippen molar-refractivity contribution in [2.75, 3.05) is 32.5 Å². The Morgan fingerprint density at radius 1 is 1.50 bits per heavy atom. The second-order valence-electron chi connectivity index (χ2n) is 4.59. The lowest BCUT2D eigenvalue weighted by molar-refractivity contribution is 0.0935. The van der Waals surface area contributed by atoms with E-state index < -0.39 is 0 Å². The van der Waals surface area contributed by atoms with Crippen molar-refractivity contribution in [1.82, 2.24) is 15.2 Å². The standard InChI is InChI=1S/C13H22N4O/c1-5-15-12-6-7-14-8-11(12)13(18)16-10(2)9-17(3)4/h6-8,10H,5,9H2,1-4H3,(H,14,15)(H,16,18). The first-order chi connectivity index (χ1) is 8.54. The van der Waals surface area contributed by atoms with Gasteiger partial charge in [0, 0.05) is 31.5 Å². The molecule has 5 nitrogen and oxygen atoms in total. The molecule has 1 unspecified atom stereocenters. The predicted molar refractivity (Wildman–Crippen MR) is 73.9 cm³/mol. The fourth-order valence-corrected chi connectivity index (χ4v) is 1.81. The minimum Gasteiger partial charge on any atom is -0.385 e. The van der Waals surface area contributed by atoms with Gasteiger partial charge in [-0.2, -0.15) is 0 Å². The Kier molecular flexibility index (Phi) is 5.58. The number of nitrogens with one attached hydrogen (secondary N) is 2. The van der Waals surface area contributed by atoms with E-state index in [0.29, 0.717) is 5.56 Å². The molecule has 0 spiro atoms. The molecule has 0 saturated heterocycles. The van der Waals surface area contributed by atoms with Crippen LogP contribution in [0.5, 0.6) is 0 Å². The number of carbonyl (C=O) groups is 1. The summed E-state index contributed by atoms with van der Waals surface area (Å²) in [4.78, 5) is 18.2. The molecule has 0 fully saturated rings. The Hall–Kier alpha value is -1.62. The molecule has 1 aromatic rings. The van der Waals surface area contributed by atoms with Gasteiger partial charge in [-0.25, -0.2) is 0 Å². The number of hydrogen-bond acceptors (Lipinski definition) is 4. The van der Waals surface area contributed by atoms with Crippen LogP contribution < -0.4 is 10.6 Å². The van der Waals surface area contributed by atoms with Gasteiger partial charge in [0.25, 0.3) is 5.91 Å². The second-order valence-corrected chi connectivity index (χ2v) is 4.59. The minimum absolute atomic E-state index is 0.0894. The van der Waals surface area contributed by atoms with Gasteiger partial charge in [-0.05, 0) is 34.0 Å². The third kappa shape index (κ3) is 4.33. The lowest BCUT2D eigenvalue weighted by Gasteiger charge is -2.19. The lowest BCUT2D eigenvalue weighted by atomic mass is 10.2. The van der Waals surface area contributed by atoms with Gasteiger partial charge in [-0.15, -0.1) is 0 Å². The van der Waals surface area contributed by atoms with E-state index in [-0.39, 0.29) is 11.9 Å². The molecule has 1 aromatic heterocycles. The molecule has 0 aliphatic carbocycles. The topological polar surface area (TPSA) is 57.3 Å². The van der Waals surface area contributed by atoms with E-state index in [1.54, 1.807) is 12.4 Å². The number of likely N-dealkylation sites (N-methyl/N-ethyl adjacent to an activating group) is 1. The summed E-state index contributed by atoms with van der Waals surface area (Å²) in [6.07, 6.45) is 3.27. The van der Waals surface area contributed by atoms with Crippen LogP contribution in [0.1, 0.15) is 24.2 Å². The van der Waals surface area contributed by atoms with Crippen LogP contribution >= 0.6 is 0 Å². The molecule has 5 heteroatoms. The summed E-state index contributed by atoms with van der Waals surface area (Å²) in [5, 5.41) is 6.13. The molecule has 2 N–H and O–H groups in total. The van der Waals surface area contributed by atoms with E-state index in [9.17, 15) is 4.79 Å². The molecule has 100 valence electrons. The number of carbonyl (C=O) groups excluding carboxylic acids is 1. The average molecular weight is 250 g/mol. The fourth-order valence-electron chi connectivity index (χ4n) is 1.81. The highest BCUT2D eigenvalue weighted by atomic mass is 16.1. The molecule has 0 aliphatic heterocycles. The molecule has 1 rings (SSSR count). The minimum atomic E-state index is -0.0894.